The predicted octanol–water partition coefficient (Wildman–Crippen LogP) is 0.893. The molecule has 5 heteroatoms. The smallest absolute Gasteiger partial charge is 0.224 e. The number of hydrogen-bond donors (Lipinski definition) is 3. The van der Waals surface area contributed by atoms with Crippen LogP contribution in [0, 0.1) is 11.8 Å². The molecule has 0 aliphatic heterocycles. The summed E-state index contributed by atoms with van der Waals surface area (Å²) in [6.07, 6.45) is 7.46. The lowest BCUT2D eigenvalue weighted by atomic mass is 9.81. The molecular formula is C13H20N2O2S. The molecule has 0 aromatic rings. The van der Waals surface area contributed by atoms with Gasteiger partial charge in [0.1, 0.15) is 0 Å². The van der Waals surface area contributed by atoms with E-state index in [0.29, 0.717) is 31.2 Å². The topological polar surface area (TPSA) is 58.2 Å². The van der Waals surface area contributed by atoms with Crippen LogP contribution in [-0.2, 0) is 9.59 Å². The molecule has 1 fully saturated rings. The maximum Gasteiger partial charge on any atom is 0.224 e. The Morgan fingerprint density at radius 3 is 2.28 bits per heavy atom. The maximum absolute atomic E-state index is 12.1. The van der Waals surface area contributed by atoms with Gasteiger partial charge in [-0.25, -0.2) is 0 Å². The lowest BCUT2D eigenvalue weighted by Gasteiger charge is -2.26. The first-order valence-electron chi connectivity index (χ1n) is 6.56. The van der Waals surface area contributed by atoms with E-state index in [0.717, 1.165) is 12.8 Å². The van der Waals surface area contributed by atoms with E-state index in [1.807, 2.05) is 12.2 Å². The molecule has 4 nitrogen and oxygen atoms in total. The van der Waals surface area contributed by atoms with Crippen LogP contribution < -0.4 is 10.6 Å². The van der Waals surface area contributed by atoms with Crippen molar-refractivity contribution in [2.24, 2.45) is 11.8 Å². The van der Waals surface area contributed by atoms with Crippen LogP contribution in [0.4, 0.5) is 0 Å². The second-order valence-electron chi connectivity index (χ2n) is 4.95. The third-order valence-corrected chi connectivity index (χ3v) is 3.66. The summed E-state index contributed by atoms with van der Waals surface area (Å²) in [6.45, 7) is 0.555. The van der Waals surface area contributed by atoms with E-state index in [9.17, 15) is 9.59 Å². The number of carbonyl (C=O) groups excluding carboxylic acids is 2. The number of rotatable bonds is 5. The molecule has 2 aliphatic carbocycles. The second-order valence-corrected chi connectivity index (χ2v) is 5.40. The van der Waals surface area contributed by atoms with Crippen LogP contribution in [0.2, 0.25) is 0 Å². The van der Waals surface area contributed by atoms with Crippen molar-refractivity contribution in [2.75, 3.05) is 12.3 Å². The number of thiol groups is 1. The lowest BCUT2D eigenvalue weighted by Crippen LogP contribution is -2.43. The molecule has 0 bridgehead atoms. The van der Waals surface area contributed by atoms with Gasteiger partial charge < -0.3 is 10.6 Å². The molecule has 0 heterocycles. The van der Waals surface area contributed by atoms with Crippen molar-refractivity contribution in [1.82, 2.24) is 10.6 Å². The van der Waals surface area contributed by atoms with Gasteiger partial charge in [-0.1, -0.05) is 12.2 Å². The minimum Gasteiger partial charge on any atom is -0.355 e. The van der Waals surface area contributed by atoms with Gasteiger partial charge in [0.25, 0.3) is 0 Å². The number of carbonyl (C=O) groups is 2. The number of nitrogens with one attached hydrogen (secondary N) is 2. The van der Waals surface area contributed by atoms with Crippen LogP contribution >= 0.6 is 12.6 Å². The molecule has 2 rings (SSSR count). The summed E-state index contributed by atoms with van der Waals surface area (Å²) in [6, 6.07) is 0.351. The van der Waals surface area contributed by atoms with E-state index in [2.05, 4.69) is 23.3 Å². The van der Waals surface area contributed by atoms with Crippen molar-refractivity contribution in [1.29, 1.82) is 0 Å². The Balaban J connectivity index is 1.94. The van der Waals surface area contributed by atoms with Crippen LogP contribution in [0.5, 0.6) is 0 Å². The molecule has 0 spiro atoms. The Hall–Kier alpha value is -0.970. The molecule has 1 saturated carbocycles. The third kappa shape index (κ3) is 3.51. The molecule has 2 N–H and O–H groups in total. The fourth-order valence-corrected chi connectivity index (χ4v) is 2.35. The van der Waals surface area contributed by atoms with Gasteiger partial charge in [0, 0.05) is 18.3 Å². The van der Waals surface area contributed by atoms with E-state index in [1.54, 1.807) is 0 Å². The third-order valence-electron chi connectivity index (χ3n) is 3.44. The highest BCUT2D eigenvalue weighted by molar-refractivity contribution is 7.80. The zero-order chi connectivity index (χ0) is 13.0. The van der Waals surface area contributed by atoms with Crippen molar-refractivity contribution in [3.05, 3.63) is 12.2 Å². The van der Waals surface area contributed by atoms with Gasteiger partial charge in [-0.15, -0.1) is 0 Å². The molecule has 100 valence electrons. The first kappa shape index (κ1) is 13.5. The fraction of sp³-hybridized carbons (Fsp3) is 0.692. The number of allylic oxidation sites excluding steroid dienone is 2. The van der Waals surface area contributed by atoms with Gasteiger partial charge in [0.05, 0.1) is 11.8 Å². The predicted molar refractivity (Wildman–Crippen MR) is 73.4 cm³/mol. The van der Waals surface area contributed by atoms with Crippen molar-refractivity contribution >= 4 is 24.4 Å². The highest BCUT2D eigenvalue weighted by atomic mass is 32.1. The quantitative estimate of drug-likeness (QED) is 0.512. The van der Waals surface area contributed by atoms with Crippen molar-refractivity contribution in [3.63, 3.8) is 0 Å². The Morgan fingerprint density at radius 2 is 1.72 bits per heavy atom. The Bertz CT molecular complexity index is 353. The molecule has 0 aromatic heterocycles. The van der Waals surface area contributed by atoms with Gasteiger partial charge in [-0.3, -0.25) is 9.59 Å². The van der Waals surface area contributed by atoms with E-state index < -0.39 is 0 Å². The molecule has 0 saturated heterocycles. The highest BCUT2D eigenvalue weighted by Crippen LogP contribution is 2.28. The fourth-order valence-electron chi connectivity index (χ4n) is 2.24. The summed E-state index contributed by atoms with van der Waals surface area (Å²) in [5.41, 5.74) is 0. The van der Waals surface area contributed by atoms with Crippen molar-refractivity contribution in [3.8, 4) is 0 Å². The summed E-state index contributed by atoms with van der Waals surface area (Å²) in [4.78, 5) is 24.1. The maximum atomic E-state index is 12.1. The summed E-state index contributed by atoms with van der Waals surface area (Å²) in [5, 5.41) is 5.82. The molecular weight excluding hydrogens is 248 g/mol. The lowest BCUT2D eigenvalue weighted by molar-refractivity contribution is -0.135. The Morgan fingerprint density at radius 1 is 1.11 bits per heavy atom. The second kappa shape index (κ2) is 6.27. The van der Waals surface area contributed by atoms with Gasteiger partial charge >= 0.3 is 0 Å². The zero-order valence-corrected chi connectivity index (χ0v) is 11.3. The number of hydrogen-bond acceptors (Lipinski definition) is 3. The average Bonchev–Trinajstić information content (AvgIpc) is 3.19. The molecule has 2 aliphatic rings. The van der Waals surface area contributed by atoms with E-state index in [1.165, 1.54) is 0 Å². The SMILES string of the molecule is O=C(NCCS)C1CC=CCC1C(=O)NC1CC1. The van der Waals surface area contributed by atoms with E-state index in [4.69, 9.17) is 0 Å². The monoisotopic (exact) mass is 268 g/mol. The van der Waals surface area contributed by atoms with Gasteiger partial charge in [-0.05, 0) is 25.7 Å². The van der Waals surface area contributed by atoms with Crippen LogP contribution in [0.1, 0.15) is 25.7 Å². The number of amides is 2. The summed E-state index contributed by atoms with van der Waals surface area (Å²) in [5.74, 6) is 0.189. The van der Waals surface area contributed by atoms with Gasteiger partial charge in [0.2, 0.25) is 11.8 Å². The van der Waals surface area contributed by atoms with Gasteiger partial charge in [-0.2, -0.15) is 12.6 Å². The summed E-state index contributed by atoms with van der Waals surface area (Å²) in [7, 11) is 0. The minimum absolute atomic E-state index is 0.0238. The molecule has 18 heavy (non-hydrogen) atoms. The average molecular weight is 268 g/mol. The van der Waals surface area contributed by atoms with E-state index in [-0.39, 0.29) is 23.7 Å². The van der Waals surface area contributed by atoms with E-state index >= 15 is 0 Å². The first-order valence-corrected chi connectivity index (χ1v) is 7.19. The van der Waals surface area contributed by atoms with Crippen LogP contribution in [0.3, 0.4) is 0 Å². The normalized spacial score (nSPS) is 26.7. The Labute approximate surface area is 113 Å². The van der Waals surface area contributed by atoms with Crippen molar-refractivity contribution in [2.45, 2.75) is 31.7 Å². The van der Waals surface area contributed by atoms with Gasteiger partial charge in [0.15, 0.2) is 0 Å². The summed E-state index contributed by atoms with van der Waals surface area (Å²) < 4.78 is 0. The molecule has 0 radical (unpaired) electrons. The largest absolute Gasteiger partial charge is 0.355 e. The highest BCUT2D eigenvalue weighted by Gasteiger charge is 2.36. The molecule has 2 amide bonds. The first-order chi connectivity index (χ1) is 8.72. The standard InChI is InChI=1S/C13H20N2O2S/c16-12(14-7-8-18)10-3-1-2-4-11(10)13(17)15-9-5-6-9/h1-2,9-11,18H,3-8H2,(H,14,16)(H,15,17). The Kier molecular flexibility index (Phi) is 4.69. The van der Waals surface area contributed by atoms with Crippen LogP contribution in [0.25, 0.3) is 0 Å². The molecule has 2 unspecified atom stereocenters. The molecule has 2 atom stereocenters. The zero-order valence-electron chi connectivity index (χ0n) is 10.4. The summed E-state index contributed by atoms with van der Waals surface area (Å²) >= 11 is 4.07. The van der Waals surface area contributed by atoms with Crippen molar-refractivity contribution < 1.29 is 9.59 Å². The van der Waals surface area contributed by atoms with Crippen LogP contribution in [-0.4, -0.2) is 30.2 Å². The van der Waals surface area contributed by atoms with Crippen LogP contribution in [0.15, 0.2) is 12.2 Å². The minimum atomic E-state index is -0.228. The molecule has 0 aromatic carbocycles.